The molecule has 0 aliphatic carbocycles. The Balaban J connectivity index is 1.76. The zero-order chi connectivity index (χ0) is 21.3. The van der Waals surface area contributed by atoms with Gasteiger partial charge in [-0.15, -0.1) is 0 Å². The molecule has 0 amide bonds. The monoisotopic (exact) mass is 446 g/mol. The summed E-state index contributed by atoms with van der Waals surface area (Å²) in [5, 5.41) is 0.300. The fourth-order valence-corrected chi connectivity index (χ4v) is 5.33. The summed E-state index contributed by atoms with van der Waals surface area (Å²) in [4.78, 5) is 1.97. The van der Waals surface area contributed by atoms with Gasteiger partial charge in [0.2, 0.25) is 0 Å². The zero-order valence-corrected chi connectivity index (χ0v) is 17.8. The van der Waals surface area contributed by atoms with E-state index < -0.39 is 15.8 Å². The van der Waals surface area contributed by atoms with Gasteiger partial charge >= 0.3 is 0 Å². The average Bonchev–Trinajstić information content (AvgIpc) is 2.73. The molecule has 0 spiro atoms. The minimum atomic E-state index is -3.78. The number of ether oxygens (including phenoxy) is 1. The van der Waals surface area contributed by atoms with E-state index in [0.29, 0.717) is 34.3 Å². The summed E-state index contributed by atoms with van der Waals surface area (Å²) in [5.74, 6) is 0.229. The predicted octanol–water partition coefficient (Wildman–Crippen LogP) is 5.05. The summed E-state index contributed by atoms with van der Waals surface area (Å²) in [6, 6.07) is 18.1. The first-order valence-electron chi connectivity index (χ1n) is 9.44. The number of fused-ring (bicyclic) bond motifs is 1. The Hall–Kier alpha value is -2.77. The average molecular weight is 447 g/mol. The molecule has 5 nitrogen and oxygen atoms in total. The van der Waals surface area contributed by atoms with Crippen molar-refractivity contribution < 1.29 is 17.5 Å². The maximum Gasteiger partial charge on any atom is 0.267 e. The molecule has 0 aromatic heterocycles. The van der Waals surface area contributed by atoms with Crippen LogP contribution in [-0.2, 0) is 16.6 Å². The molecule has 0 N–H and O–H groups in total. The first-order chi connectivity index (χ1) is 14.4. The molecule has 0 radical (unpaired) electrons. The van der Waals surface area contributed by atoms with E-state index in [4.69, 9.17) is 16.3 Å². The third-order valence-electron chi connectivity index (χ3n) is 4.92. The van der Waals surface area contributed by atoms with Crippen molar-refractivity contribution in [1.82, 2.24) is 0 Å². The second kappa shape index (κ2) is 8.16. The molecule has 0 fully saturated rings. The molecule has 0 unspecified atom stereocenters. The number of halogens is 2. The smallest absolute Gasteiger partial charge is 0.267 e. The summed E-state index contributed by atoms with van der Waals surface area (Å²) in [6.45, 7) is 2.56. The molecule has 3 aromatic carbocycles. The number of nitrogens with zero attached hydrogens (tertiary/aromatic N) is 2. The van der Waals surface area contributed by atoms with Crippen LogP contribution in [0.3, 0.4) is 0 Å². The number of benzene rings is 3. The Labute approximate surface area is 180 Å². The molecule has 156 valence electrons. The van der Waals surface area contributed by atoms with E-state index in [1.54, 1.807) is 65.6 Å². The third-order valence-corrected chi connectivity index (χ3v) is 7.08. The van der Waals surface area contributed by atoms with Crippen molar-refractivity contribution in [3.63, 3.8) is 0 Å². The van der Waals surface area contributed by atoms with Crippen molar-refractivity contribution in [1.29, 1.82) is 0 Å². The van der Waals surface area contributed by atoms with E-state index in [2.05, 4.69) is 0 Å². The maximum absolute atomic E-state index is 14.4. The molecule has 8 heteroatoms. The topological polar surface area (TPSA) is 49.9 Å². The van der Waals surface area contributed by atoms with E-state index >= 15 is 0 Å². The fourth-order valence-electron chi connectivity index (χ4n) is 3.47. The van der Waals surface area contributed by atoms with Crippen molar-refractivity contribution >= 4 is 33.0 Å². The van der Waals surface area contributed by atoms with Gasteiger partial charge in [-0.1, -0.05) is 29.8 Å². The molecule has 0 saturated heterocycles. The van der Waals surface area contributed by atoms with Crippen LogP contribution in [0.15, 0.2) is 71.6 Å². The van der Waals surface area contributed by atoms with Crippen LogP contribution in [0.1, 0.15) is 12.5 Å². The van der Waals surface area contributed by atoms with Crippen LogP contribution >= 0.6 is 11.6 Å². The lowest BCUT2D eigenvalue weighted by Crippen LogP contribution is -2.46. The summed E-state index contributed by atoms with van der Waals surface area (Å²) >= 11 is 6.22. The van der Waals surface area contributed by atoms with Gasteiger partial charge in [-0.25, -0.2) is 17.1 Å². The molecule has 1 aliphatic heterocycles. The molecule has 4 rings (SSSR count). The lowest BCUT2D eigenvalue weighted by atomic mass is 10.2. The lowest BCUT2D eigenvalue weighted by molar-refractivity contribution is 0.340. The number of hydrogen-bond acceptors (Lipinski definition) is 4. The van der Waals surface area contributed by atoms with Gasteiger partial charge in [0.05, 0.1) is 18.0 Å². The minimum absolute atomic E-state index is 0.0258. The molecule has 3 aromatic rings. The van der Waals surface area contributed by atoms with Crippen LogP contribution in [-0.4, -0.2) is 21.7 Å². The Kier molecular flexibility index (Phi) is 5.58. The van der Waals surface area contributed by atoms with Crippen LogP contribution in [0.25, 0.3) is 0 Å². The first-order valence-corrected chi connectivity index (χ1v) is 11.3. The quantitative estimate of drug-likeness (QED) is 0.550. The normalized spacial score (nSPS) is 15.0. The van der Waals surface area contributed by atoms with Gasteiger partial charge in [0.15, 0.2) is 0 Å². The summed E-state index contributed by atoms with van der Waals surface area (Å²) in [5.41, 5.74) is 1.33. The number of rotatable bonds is 5. The van der Waals surface area contributed by atoms with Crippen LogP contribution < -0.4 is 13.9 Å². The summed E-state index contributed by atoms with van der Waals surface area (Å²) in [6.07, 6.45) is 0. The van der Waals surface area contributed by atoms with Gasteiger partial charge in [0.25, 0.3) is 10.0 Å². The number of hydrogen-bond donors (Lipinski definition) is 0. The Morgan fingerprint density at radius 3 is 2.47 bits per heavy atom. The molecule has 1 aliphatic rings. The van der Waals surface area contributed by atoms with Gasteiger partial charge in [0, 0.05) is 17.1 Å². The summed E-state index contributed by atoms with van der Waals surface area (Å²) in [7, 11) is -3.78. The molecule has 0 atom stereocenters. The van der Waals surface area contributed by atoms with Crippen molar-refractivity contribution in [2.75, 3.05) is 22.5 Å². The molecular formula is C22H20ClFN2O3S. The van der Waals surface area contributed by atoms with Crippen molar-refractivity contribution in [2.45, 2.75) is 18.4 Å². The largest absolute Gasteiger partial charge is 0.494 e. The van der Waals surface area contributed by atoms with Crippen LogP contribution in [0, 0.1) is 5.82 Å². The number of sulfonamides is 1. The highest BCUT2D eigenvalue weighted by Crippen LogP contribution is 2.37. The summed E-state index contributed by atoms with van der Waals surface area (Å²) < 4.78 is 47.8. The maximum atomic E-state index is 14.4. The molecule has 1 heterocycles. The highest BCUT2D eigenvalue weighted by atomic mass is 35.5. The molecule has 30 heavy (non-hydrogen) atoms. The zero-order valence-electron chi connectivity index (χ0n) is 16.3. The predicted molar refractivity (Wildman–Crippen MR) is 116 cm³/mol. The third kappa shape index (κ3) is 3.70. The van der Waals surface area contributed by atoms with E-state index in [1.165, 1.54) is 10.4 Å². The van der Waals surface area contributed by atoms with Gasteiger partial charge in [-0.05, 0) is 55.5 Å². The highest BCUT2D eigenvalue weighted by Gasteiger charge is 2.35. The van der Waals surface area contributed by atoms with Crippen LogP contribution in [0.2, 0.25) is 5.02 Å². The van der Waals surface area contributed by atoms with Crippen molar-refractivity contribution in [3.8, 4) is 5.75 Å². The first kappa shape index (κ1) is 20.5. The van der Waals surface area contributed by atoms with Gasteiger partial charge in [-0.3, -0.25) is 0 Å². The standard InChI is InChI=1S/C22H20ClFN2O3S/c1-2-29-17-12-10-16(11-13-17)26-15-25(14-18-19(23)6-5-7-20(18)24)21-8-3-4-9-22(21)30(26,27)28/h3-13H,2,14-15H2,1H3. The molecular weight excluding hydrogens is 427 g/mol. The second-order valence-corrected chi connectivity index (χ2v) is 9.03. The minimum Gasteiger partial charge on any atom is -0.494 e. The second-order valence-electron chi connectivity index (χ2n) is 6.79. The van der Waals surface area contributed by atoms with Crippen molar-refractivity contribution in [2.24, 2.45) is 0 Å². The van der Waals surface area contributed by atoms with E-state index in [1.807, 2.05) is 6.92 Å². The van der Waals surface area contributed by atoms with E-state index in [0.717, 1.165) is 0 Å². The fraction of sp³-hybridized carbons (Fsp3) is 0.182. The molecule has 0 bridgehead atoms. The van der Waals surface area contributed by atoms with Gasteiger partial charge in [0.1, 0.15) is 23.1 Å². The highest BCUT2D eigenvalue weighted by molar-refractivity contribution is 7.93. The number of para-hydroxylation sites is 1. The molecule has 0 saturated carbocycles. The van der Waals surface area contributed by atoms with Gasteiger partial charge < -0.3 is 9.64 Å². The lowest BCUT2D eigenvalue weighted by Gasteiger charge is -2.39. The Bertz CT molecular complexity index is 1150. The van der Waals surface area contributed by atoms with Crippen LogP contribution in [0.5, 0.6) is 5.75 Å². The van der Waals surface area contributed by atoms with Crippen LogP contribution in [0.4, 0.5) is 15.8 Å². The Morgan fingerprint density at radius 2 is 1.77 bits per heavy atom. The Morgan fingerprint density at radius 1 is 1.03 bits per heavy atom. The van der Waals surface area contributed by atoms with E-state index in [9.17, 15) is 12.8 Å². The van der Waals surface area contributed by atoms with E-state index in [-0.39, 0.29) is 18.1 Å². The SMILES string of the molecule is CCOc1ccc(N2CN(Cc3c(F)cccc3Cl)c3ccccc3S2(=O)=O)cc1. The number of anilines is 2. The van der Waals surface area contributed by atoms with Crippen molar-refractivity contribution in [3.05, 3.63) is 83.1 Å². The van der Waals surface area contributed by atoms with Gasteiger partial charge in [-0.2, -0.15) is 0 Å².